The molecule has 0 aromatic heterocycles. The van der Waals surface area contributed by atoms with E-state index in [9.17, 15) is 19.5 Å². The van der Waals surface area contributed by atoms with Crippen molar-refractivity contribution in [2.75, 3.05) is 32.9 Å². The van der Waals surface area contributed by atoms with E-state index in [1.165, 1.54) is 11.1 Å². The van der Waals surface area contributed by atoms with Crippen molar-refractivity contribution in [3.05, 3.63) is 59.7 Å². The van der Waals surface area contributed by atoms with Crippen LogP contribution in [0.2, 0.25) is 0 Å². The average Bonchev–Trinajstić information content (AvgIpc) is 3.44. The number of hydrogen-bond donors (Lipinski definition) is 3. The van der Waals surface area contributed by atoms with E-state index in [2.05, 4.69) is 34.9 Å². The fourth-order valence-corrected chi connectivity index (χ4v) is 4.94. The van der Waals surface area contributed by atoms with E-state index in [-0.39, 0.29) is 50.0 Å². The summed E-state index contributed by atoms with van der Waals surface area (Å²) in [6.07, 6.45) is 1.81. The number of benzene rings is 2. The molecule has 0 unspecified atom stereocenters. The smallest absolute Gasteiger partial charge is 0.407 e. The van der Waals surface area contributed by atoms with Crippen LogP contribution in [-0.2, 0) is 19.1 Å². The zero-order chi connectivity index (χ0) is 23.9. The second kappa shape index (κ2) is 11.2. The lowest BCUT2D eigenvalue weighted by molar-refractivity contribution is -0.143. The lowest BCUT2D eigenvalue weighted by Crippen LogP contribution is -2.36. The zero-order valence-electron chi connectivity index (χ0n) is 19.0. The highest BCUT2D eigenvalue weighted by Crippen LogP contribution is 2.44. The number of aliphatic carboxylic acids is 1. The minimum Gasteiger partial charge on any atom is -0.481 e. The number of nitrogens with one attached hydrogen (secondary N) is 2. The third kappa shape index (κ3) is 5.56. The largest absolute Gasteiger partial charge is 0.481 e. The minimum atomic E-state index is -0.799. The number of fused-ring (bicyclic) bond motifs is 3. The number of carboxylic acids is 1. The van der Waals surface area contributed by atoms with Crippen LogP contribution < -0.4 is 10.6 Å². The van der Waals surface area contributed by atoms with E-state index >= 15 is 0 Å². The Hall–Kier alpha value is -3.39. The molecule has 8 heteroatoms. The normalized spacial score (nSPS) is 18.7. The lowest BCUT2D eigenvalue weighted by atomic mass is 9.96. The number of carboxylic acid groups (broad SMARTS) is 1. The van der Waals surface area contributed by atoms with Crippen LogP contribution in [0.1, 0.15) is 36.3 Å². The Morgan fingerprint density at radius 3 is 2.29 bits per heavy atom. The second-order valence-corrected chi connectivity index (χ2v) is 8.74. The summed E-state index contributed by atoms with van der Waals surface area (Å²) in [6.45, 7) is 0.822. The van der Waals surface area contributed by atoms with Crippen molar-refractivity contribution < 1.29 is 29.0 Å². The Balaban J connectivity index is 1.12. The molecule has 0 aliphatic heterocycles. The number of rotatable bonds is 10. The molecule has 2 aromatic rings. The Morgan fingerprint density at radius 1 is 0.941 bits per heavy atom. The van der Waals surface area contributed by atoms with E-state index in [0.29, 0.717) is 13.0 Å². The fraction of sp³-hybridized carbons (Fsp3) is 0.423. The van der Waals surface area contributed by atoms with Gasteiger partial charge in [0.15, 0.2) is 0 Å². The van der Waals surface area contributed by atoms with Crippen LogP contribution in [0.5, 0.6) is 0 Å². The van der Waals surface area contributed by atoms with Gasteiger partial charge in [-0.15, -0.1) is 0 Å². The maximum absolute atomic E-state index is 12.1. The van der Waals surface area contributed by atoms with Gasteiger partial charge in [0.1, 0.15) is 13.2 Å². The highest BCUT2D eigenvalue weighted by molar-refractivity contribution is 5.79. The van der Waals surface area contributed by atoms with E-state index < -0.39 is 12.1 Å². The minimum absolute atomic E-state index is 0.00121. The molecule has 4 rings (SSSR count). The van der Waals surface area contributed by atoms with Crippen LogP contribution >= 0.6 is 0 Å². The average molecular weight is 467 g/mol. The van der Waals surface area contributed by atoms with Crippen LogP contribution in [0.4, 0.5) is 4.79 Å². The van der Waals surface area contributed by atoms with Gasteiger partial charge in [0.05, 0.1) is 12.5 Å². The highest BCUT2D eigenvalue weighted by Gasteiger charge is 2.33. The number of hydrogen-bond acceptors (Lipinski definition) is 5. The molecule has 180 valence electrons. The first kappa shape index (κ1) is 23.8. The molecule has 2 aliphatic carbocycles. The van der Waals surface area contributed by atoms with Crippen molar-refractivity contribution in [2.45, 2.75) is 25.2 Å². The highest BCUT2D eigenvalue weighted by atomic mass is 16.5. The molecule has 34 heavy (non-hydrogen) atoms. The maximum Gasteiger partial charge on any atom is 0.407 e. The van der Waals surface area contributed by atoms with Crippen LogP contribution in [0.15, 0.2) is 48.5 Å². The molecule has 0 saturated heterocycles. The van der Waals surface area contributed by atoms with Crippen molar-refractivity contribution in [3.63, 3.8) is 0 Å². The molecule has 1 fully saturated rings. The number of carbonyl (C=O) groups is 3. The first-order valence-corrected chi connectivity index (χ1v) is 11.7. The number of carbonyl (C=O) groups excluding carboxylic acids is 2. The van der Waals surface area contributed by atoms with Crippen LogP contribution in [0.25, 0.3) is 11.1 Å². The Morgan fingerprint density at radius 2 is 1.62 bits per heavy atom. The molecule has 2 aliphatic rings. The topological polar surface area (TPSA) is 114 Å². The summed E-state index contributed by atoms with van der Waals surface area (Å²) in [5.41, 5.74) is 4.65. The van der Waals surface area contributed by atoms with Gasteiger partial charge in [0.25, 0.3) is 0 Å². The predicted molar refractivity (Wildman–Crippen MR) is 125 cm³/mol. The van der Waals surface area contributed by atoms with Gasteiger partial charge in [-0.05, 0) is 41.0 Å². The third-order valence-corrected chi connectivity index (χ3v) is 6.63. The molecule has 0 heterocycles. The van der Waals surface area contributed by atoms with Crippen LogP contribution in [0, 0.1) is 11.8 Å². The van der Waals surface area contributed by atoms with Gasteiger partial charge in [0, 0.05) is 19.0 Å². The van der Waals surface area contributed by atoms with Crippen molar-refractivity contribution in [3.8, 4) is 11.1 Å². The Bertz CT molecular complexity index is 994. The molecule has 8 nitrogen and oxygen atoms in total. The molecule has 0 radical (unpaired) electrons. The summed E-state index contributed by atoms with van der Waals surface area (Å²) in [5.74, 6) is -1.51. The van der Waals surface area contributed by atoms with E-state index in [0.717, 1.165) is 24.0 Å². The van der Waals surface area contributed by atoms with Gasteiger partial charge < -0.3 is 25.2 Å². The standard InChI is InChI=1S/C26H30N2O6/c29-24(28-14-17-6-5-11-18(17)25(30)31)16-33-13-12-27-26(32)34-15-23-21-9-3-1-7-19(21)20-8-2-4-10-22(20)23/h1-4,7-10,17-18,23H,5-6,11-16H2,(H,27,32)(H,28,29)(H,30,31)/t17-,18-/m0/s1. The molecule has 2 aromatic carbocycles. The Kier molecular flexibility index (Phi) is 7.80. The predicted octanol–water partition coefficient (Wildman–Crippen LogP) is 3.16. The maximum atomic E-state index is 12.1. The fourth-order valence-electron chi connectivity index (χ4n) is 4.94. The molecule has 3 N–H and O–H groups in total. The number of alkyl carbamates (subject to hydrolysis) is 1. The first-order chi connectivity index (χ1) is 16.5. The summed E-state index contributed by atoms with van der Waals surface area (Å²) in [4.78, 5) is 35.3. The molecule has 0 bridgehead atoms. The summed E-state index contributed by atoms with van der Waals surface area (Å²) in [5, 5.41) is 14.6. The van der Waals surface area contributed by atoms with Gasteiger partial charge >= 0.3 is 12.1 Å². The van der Waals surface area contributed by atoms with Crippen LogP contribution in [-0.4, -0.2) is 56.0 Å². The SMILES string of the molecule is O=C(COCCNC(=O)OCC1c2ccccc2-c2ccccc21)NC[C@@H]1CCC[C@@H]1C(=O)O. The quantitative estimate of drug-likeness (QED) is 0.464. The first-order valence-electron chi connectivity index (χ1n) is 11.7. The summed E-state index contributed by atoms with van der Waals surface area (Å²) in [6, 6.07) is 16.3. The van der Waals surface area contributed by atoms with Gasteiger partial charge in [-0.25, -0.2) is 4.79 Å². The van der Waals surface area contributed by atoms with Crippen molar-refractivity contribution >= 4 is 18.0 Å². The Labute approximate surface area is 198 Å². The van der Waals surface area contributed by atoms with Crippen molar-refractivity contribution in [1.29, 1.82) is 0 Å². The number of ether oxygens (including phenoxy) is 2. The molecule has 1 saturated carbocycles. The summed E-state index contributed by atoms with van der Waals surface area (Å²) >= 11 is 0. The zero-order valence-corrected chi connectivity index (χ0v) is 19.0. The van der Waals surface area contributed by atoms with E-state index in [4.69, 9.17) is 9.47 Å². The van der Waals surface area contributed by atoms with Gasteiger partial charge in [-0.2, -0.15) is 0 Å². The summed E-state index contributed by atoms with van der Waals surface area (Å²) < 4.78 is 10.8. The van der Waals surface area contributed by atoms with E-state index in [1.807, 2.05) is 24.3 Å². The molecular formula is C26H30N2O6. The monoisotopic (exact) mass is 466 g/mol. The van der Waals surface area contributed by atoms with Crippen LogP contribution in [0.3, 0.4) is 0 Å². The lowest BCUT2D eigenvalue weighted by Gasteiger charge is -2.16. The van der Waals surface area contributed by atoms with Crippen molar-refractivity contribution in [2.24, 2.45) is 11.8 Å². The molecule has 0 spiro atoms. The van der Waals surface area contributed by atoms with Gasteiger partial charge in [-0.3, -0.25) is 9.59 Å². The van der Waals surface area contributed by atoms with Gasteiger partial charge in [-0.1, -0.05) is 55.0 Å². The molecular weight excluding hydrogens is 436 g/mol. The number of amides is 2. The van der Waals surface area contributed by atoms with Crippen molar-refractivity contribution in [1.82, 2.24) is 10.6 Å². The second-order valence-electron chi connectivity index (χ2n) is 8.74. The summed E-state index contributed by atoms with van der Waals surface area (Å²) in [7, 11) is 0. The molecule has 2 amide bonds. The third-order valence-electron chi connectivity index (χ3n) is 6.63. The molecule has 2 atom stereocenters. The van der Waals surface area contributed by atoms with Gasteiger partial charge in [0.2, 0.25) is 5.91 Å². The van der Waals surface area contributed by atoms with E-state index in [1.54, 1.807) is 0 Å².